The molecule has 2 rings (SSSR count). The van der Waals surface area contributed by atoms with Gasteiger partial charge in [0.05, 0.1) is 0 Å². The van der Waals surface area contributed by atoms with E-state index >= 15 is 0 Å². The predicted molar refractivity (Wildman–Crippen MR) is 74.3 cm³/mol. The normalized spacial score (nSPS) is 26.1. The van der Waals surface area contributed by atoms with Crippen molar-refractivity contribution in [3.63, 3.8) is 0 Å². The van der Waals surface area contributed by atoms with Crippen molar-refractivity contribution in [2.24, 2.45) is 5.41 Å². The van der Waals surface area contributed by atoms with Gasteiger partial charge in [0.2, 0.25) is 5.91 Å². The molecule has 2 N–H and O–H groups in total. The highest BCUT2D eigenvalue weighted by molar-refractivity contribution is 5.90. The molecule has 0 aromatic rings. The molecule has 1 amide bonds. The molecule has 0 aromatic heterocycles. The molecule has 1 fully saturated rings. The highest BCUT2D eigenvalue weighted by Crippen LogP contribution is 2.39. The van der Waals surface area contributed by atoms with Crippen LogP contribution in [0.25, 0.3) is 0 Å². The van der Waals surface area contributed by atoms with Gasteiger partial charge in [0, 0.05) is 24.6 Å². The lowest BCUT2D eigenvalue weighted by molar-refractivity contribution is -0.123. The second-order valence-corrected chi connectivity index (χ2v) is 6.32. The largest absolute Gasteiger partial charge is 0.368 e. The van der Waals surface area contributed by atoms with E-state index in [-0.39, 0.29) is 23.3 Å². The van der Waals surface area contributed by atoms with Crippen molar-refractivity contribution in [3.05, 3.63) is 11.8 Å². The maximum atomic E-state index is 12.2. The number of hydrogen-bond acceptors (Lipinski definition) is 3. The first-order chi connectivity index (χ1) is 8.97. The first-order valence-electron chi connectivity index (χ1n) is 7.24. The summed E-state index contributed by atoms with van der Waals surface area (Å²) in [5.74, 6) is 0.134. The van der Waals surface area contributed by atoms with Crippen LogP contribution in [0.2, 0.25) is 0 Å². The molecule has 0 bridgehead atoms. The number of nitrogens with one attached hydrogen (secondary N) is 2. The van der Waals surface area contributed by atoms with E-state index in [0.29, 0.717) is 12.8 Å². The highest BCUT2D eigenvalue weighted by Gasteiger charge is 2.30. The third-order valence-corrected chi connectivity index (χ3v) is 4.18. The summed E-state index contributed by atoms with van der Waals surface area (Å²) >= 11 is 0. The van der Waals surface area contributed by atoms with Crippen LogP contribution in [0.15, 0.2) is 11.8 Å². The first kappa shape index (κ1) is 14.1. The van der Waals surface area contributed by atoms with Crippen molar-refractivity contribution >= 4 is 11.7 Å². The van der Waals surface area contributed by atoms with Gasteiger partial charge in [0.15, 0.2) is 0 Å². The molecule has 0 radical (unpaired) electrons. The number of amides is 1. The van der Waals surface area contributed by atoms with E-state index in [1.54, 1.807) is 0 Å². The topological polar surface area (TPSA) is 58.2 Å². The van der Waals surface area contributed by atoms with E-state index in [2.05, 4.69) is 17.6 Å². The van der Waals surface area contributed by atoms with E-state index < -0.39 is 0 Å². The summed E-state index contributed by atoms with van der Waals surface area (Å²) in [5, 5.41) is 5.92. The Bertz CT molecular complexity index is 395. The van der Waals surface area contributed by atoms with E-state index in [1.165, 1.54) is 25.3 Å². The Labute approximate surface area is 115 Å². The summed E-state index contributed by atoms with van der Waals surface area (Å²) in [7, 11) is 0. The fourth-order valence-corrected chi connectivity index (χ4v) is 3.22. The van der Waals surface area contributed by atoms with Crippen LogP contribution in [-0.2, 0) is 9.59 Å². The zero-order valence-electron chi connectivity index (χ0n) is 11.9. The van der Waals surface area contributed by atoms with Crippen molar-refractivity contribution in [1.29, 1.82) is 0 Å². The van der Waals surface area contributed by atoms with Gasteiger partial charge in [-0.1, -0.05) is 26.2 Å². The van der Waals surface area contributed by atoms with Crippen molar-refractivity contribution in [1.82, 2.24) is 10.6 Å². The lowest BCUT2D eigenvalue weighted by atomic mass is 9.72. The molecule has 1 saturated carbocycles. The number of hydrogen-bond donors (Lipinski definition) is 2. The first-order valence-corrected chi connectivity index (χ1v) is 7.24. The van der Waals surface area contributed by atoms with E-state index in [0.717, 1.165) is 18.5 Å². The molecule has 2 aliphatic rings. The molecule has 19 heavy (non-hydrogen) atoms. The van der Waals surface area contributed by atoms with Gasteiger partial charge in [-0.15, -0.1) is 0 Å². The van der Waals surface area contributed by atoms with Crippen molar-refractivity contribution in [2.75, 3.05) is 0 Å². The van der Waals surface area contributed by atoms with Crippen LogP contribution in [0.3, 0.4) is 0 Å². The van der Waals surface area contributed by atoms with Crippen LogP contribution >= 0.6 is 0 Å². The quantitative estimate of drug-likeness (QED) is 0.819. The van der Waals surface area contributed by atoms with E-state index in [9.17, 15) is 9.59 Å². The fraction of sp³-hybridized carbons (Fsp3) is 0.733. The van der Waals surface area contributed by atoms with Crippen LogP contribution in [0.4, 0.5) is 0 Å². The van der Waals surface area contributed by atoms with Crippen LogP contribution in [0.5, 0.6) is 0 Å². The Balaban J connectivity index is 1.84. The Morgan fingerprint density at radius 2 is 2.00 bits per heavy atom. The van der Waals surface area contributed by atoms with Crippen molar-refractivity contribution < 1.29 is 9.59 Å². The zero-order valence-corrected chi connectivity index (χ0v) is 11.9. The van der Waals surface area contributed by atoms with Gasteiger partial charge in [-0.2, -0.15) is 0 Å². The second kappa shape index (κ2) is 5.76. The lowest BCUT2D eigenvalue weighted by Gasteiger charge is -2.33. The number of carbonyl (C=O) groups is 2. The molecule has 0 spiro atoms. The maximum Gasteiger partial charge on any atom is 0.247 e. The van der Waals surface area contributed by atoms with Gasteiger partial charge in [-0.05, 0) is 25.2 Å². The summed E-state index contributed by atoms with van der Waals surface area (Å²) in [6, 6.07) is 0. The zero-order chi connectivity index (χ0) is 13.9. The second-order valence-electron chi connectivity index (χ2n) is 6.32. The third-order valence-electron chi connectivity index (χ3n) is 4.18. The molecular weight excluding hydrogens is 240 g/mol. The molecule has 4 heteroatoms. The van der Waals surface area contributed by atoms with Crippen LogP contribution in [0.1, 0.15) is 58.8 Å². The summed E-state index contributed by atoms with van der Waals surface area (Å²) in [6.45, 7) is 4.07. The predicted octanol–water partition coefficient (Wildman–Crippen LogP) is 2.26. The number of rotatable bonds is 4. The summed E-state index contributed by atoms with van der Waals surface area (Å²) < 4.78 is 0. The van der Waals surface area contributed by atoms with Gasteiger partial charge in [-0.25, -0.2) is 0 Å². The van der Waals surface area contributed by atoms with Gasteiger partial charge in [0.1, 0.15) is 11.9 Å². The molecule has 4 nitrogen and oxygen atoms in total. The van der Waals surface area contributed by atoms with E-state index in [4.69, 9.17) is 0 Å². The monoisotopic (exact) mass is 264 g/mol. The number of Topliss-reactive ketones (excluding diaryl/α,β-unsaturated/α-hetero) is 1. The van der Waals surface area contributed by atoms with Gasteiger partial charge < -0.3 is 10.6 Å². The molecule has 1 unspecified atom stereocenters. The smallest absolute Gasteiger partial charge is 0.247 e. The van der Waals surface area contributed by atoms with Crippen LogP contribution < -0.4 is 10.6 Å². The van der Waals surface area contributed by atoms with Crippen molar-refractivity contribution in [2.45, 2.75) is 65.0 Å². The Hall–Kier alpha value is -1.32. The standard InChI is InChI=1S/C15H24N2O2/c1-11-8-14(19)17-13(16-11)9-12(18)10-15(2)6-4-3-5-7-15/h8,13,16H,3-7,9-10H2,1-2H3,(H,17,19). The Kier molecular flexibility index (Phi) is 4.27. The number of carbonyl (C=O) groups excluding carboxylic acids is 2. The molecule has 1 atom stereocenters. The highest BCUT2D eigenvalue weighted by atomic mass is 16.2. The van der Waals surface area contributed by atoms with E-state index in [1.807, 2.05) is 6.92 Å². The third kappa shape index (κ3) is 4.08. The van der Waals surface area contributed by atoms with Crippen LogP contribution in [-0.4, -0.2) is 17.9 Å². The number of allylic oxidation sites excluding steroid dienone is 1. The molecule has 1 aliphatic heterocycles. The minimum Gasteiger partial charge on any atom is -0.368 e. The Morgan fingerprint density at radius 1 is 1.32 bits per heavy atom. The summed E-state index contributed by atoms with van der Waals surface area (Å²) in [4.78, 5) is 23.6. The molecule has 1 heterocycles. The minimum atomic E-state index is -0.239. The van der Waals surface area contributed by atoms with Gasteiger partial charge in [0.25, 0.3) is 0 Å². The van der Waals surface area contributed by atoms with Gasteiger partial charge in [-0.3, -0.25) is 9.59 Å². The van der Waals surface area contributed by atoms with Crippen LogP contribution in [0, 0.1) is 5.41 Å². The average molecular weight is 264 g/mol. The lowest BCUT2D eigenvalue weighted by Crippen LogP contribution is -2.49. The molecule has 0 aromatic carbocycles. The number of ketones is 1. The average Bonchev–Trinajstić information content (AvgIpc) is 2.27. The van der Waals surface area contributed by atoms with Gasteiger partial charge >= 0.3 is 0 Å². The Morgan fingerprint density at radius 3 is 2.63 bits per heavy atom. The maximum absolute atomic E-state index is 12.2. The fourth-order valence-electron chi connectivity index (χ4n) is 3.22. The molecular formula is C15H24N2O2. The summed E-state index contributed by atoms with van der Waals surface area (Å²) in [6.07, 6.45) is 8.39. The minimum absolute atomic E-state index is 0.113. The summed E-state index contributed by atoms with van der Waals surface area (Å²) in [5.41, 5.74) is 1.00. The molecule has 0 saturated heterocycles. The molecule has 1 aliphatic carbocycles. The SMILES string of the molecule is CC1=CC(=O)NC(CC(=O)CC2(C)CCCCC2)N1. The molecule has 106 valence electrons. The van der Waals surface area contributed by atoms with Crippen molar-refractivity contribution in [3.8, 4) is 0 Å².